The molecule has 1 fully saturated rings. The first kappa shape index (κ1) is 16.3. The molecule has 1 amide bonds. The molecule has 1 unspecified atom stereocenters. The molecule has 1 atom stereocenters. The third-order valence-electron chi connectivity index (χ3n) is 4.27. The van der Waals surface area contributed by atoms with Crippen molar-refractivity contribution in [2.45, 2.75) is 19.8 Å². The van der Waals surface area contributed by atoms with Crippen LogP contribution in [-0.4, -0.2) is 36.5 Å². The van der Waals surface area contributed by atoms with E-state index in [2.05, 4.69) is 0 Å². The summed E-state index contributed by atoms with van der Waals surface area (Å²) in [7, 11) is 0. The van der Waals surface area contributed by atoms with E-state index in [1.807, 2.05) is 24.3 Å². The zero-order valence-electron chi connectivity index (χ0n) is 13.7. The van der Waals surface area contributed by atoms with E-state index in [1.54, 1.807) is 30.2 Å². The normalized spacial score (nSPS) is 17.5. The number of rotatable bonds is 4. The summed E-state index contributed by atoms with van der Waals surface area (Å²) < 4.78 is 10.4. The molecule has 0 radical (unpaired) electrons. The van der Waals surface area contributed by atoms with Gasteiger partial charge in [-0.1, -0.05) is 12.1 Å². The lowest BCUT2D eigenvalue weighted by atomic mass is 9.97. The highest BCUT2D eigenvalue weighted by Crippen LogP contribution is 2.23. The van der Waals surface area contributed by atoms with Crippen molar-refractivity contribution in [3.05, 3.63) is 48.2 Å². The van der Waals surface area contributed by atoms with Gasteiger partial charge in [0, 0.05) is 24.2 Å². The minimum absolute atomic E-state index is 0.0463. The lowest BCUT2D eigenvalue weighted by molar-refractivity contribution is -0.149. The van der Waals surface area contributed by atoms with E-state index in [9.17, 15) is 9.59 Å². The van der Waals surface area contributed by atoms with Gasteiger partial charge in [0.1, 0.15) is 5.76 Å². The van der Waals surface area contributed by atoms with E-state index >= 15 is 0 Å². The molecule has 1 aromatic heterocycles. The molecule has 1 aliphatic heterocycles. The van der Waals surface area contributed by atoms with Crippen LogP contribution in [0.4, 0.5) is 0 Å². The molecule has 24 heavy (non-hydrogen) atoms. The van der Waals surface area contributed by atoms with Gasteiger partial charge in [-0.2, -0.15) is 0 Å². The van der Waals surface area contributed by atoms with E-state index in [0.717, 1.165) is 24.2 Å². The number of hydrogen-bond donors (Lipinski definition) is 0. The summed E-state index contributed by atoms with van der Waals surface area (Å²) in [6.07, 6.45) is 3.22. The van der Waals surface area contributed by atoms with Crippen LogP contribution in [-0.2, 0) is 9.53 Å². The smallest absolute Gasteiger partial charge is 0.310 e. The van der Waals surface area contributed by atoms with Crippen molar-refractivity contribution < 1.29 is 18.7 Å². The Balaban J connectivity index is 1.68. The number of esters is 1. The molecular formula is C19H21NO4. The molecule has 1 aromatic carbocycles. The fourth-order valence-electron chi connectivity index (χ4n) is 3.02. The van der Waals surface area contributed by atoms with Gasteiger partial charge in [0.05, 0.1) is 18.8 Å². The molecule has 2 heterocycles. The minimum Gasteiger partial charge on any atom is -0.466 e. The number of amides is 1. The first-order valence-corrected chi connectivity index (χ1v) is 8.29. The Labute approximate surface area is 141 Å². The molecule has 5 heteroatoms. The van der Waals surface area contributed by atoms with Crippen molar-refractivity contribution in [1.82, 2.24) is 4.90 Å². The minimum atomic E-state index is -0.218. The number of carbonyl (C=O) groups is 2. The SMILES string of the molecule is CCOC(=O)C1CCCN(C(=O)c2ccc(-c3ccco3)cc2)C1. The maximum atomic E-state index is 12.7. The number of benzene rings is 1. The van der Waals surface area contributed by atoms with Crippen LogP contribution >= 0.6 is 0 Å². The summed E-state index contributed by atoms with van der Waals surface area (Å²) in [5.74, 6) is 0.303. The van der Waals surface area contributed by atoms with E-state index < -0.39 is 0 Å². The van der Waals surface area contributed by atoms with Crippen LogP contribution in [0.25, 0.3) is 11.3 Å². The van der Waals surface area contributed by atoms with Gasteiger partial charge in [0.15, 0.2) is 0 Å². The monoisotopic (exact) mass is 327 g/mol. The Hall–Kier alpha value is -2.56. The zero-order valence-corrected chi connectivity index (χ0v) is 13.7. The number of nitrogens with zero attached hydrogens (tertiary/aromatic N) is 1. The van der Waals surface area contributed by atoms with Crippen LogP contribution in [0.2, 0.25) is 0 Å². The summed E-state index contributed by atoms with van der Waals surface area (Å²) in [5.41, 5.74) is 1.55. The standard InChI is InChI=1S/C19H21NO4/c1-2-23-19(22)16-5-3-11-20(13-16)18(21)15-9-7-14(8-10-15)17-6-4-12-24-17/h4,6-10,12,16H,2-3,5,11,13H2,1H3. The quantitative estimate of drug-likeness (QED) is 0.808. The number of carbonyl (C=O) groups excluding carboxylic acids is 2. The molecule has 3 rings (SSSR count). The average molecular weight is 327 g/mol. The first-order valence-electron chi connectivity index (χ1n) is 8.29. The molecule has 0 spiro atoms. The second-order valence-electron chi connectivity index (χ2n) is 5.90. The molecule has 5 nitrogen and oxygen atoms in total. The summed E-state index contributed by atoms with van der Waals surface area (Å²) in [6, 6.07) is 11.1. The van der Waals surface area contributed by atoms with Gasteiger partial charge in [0.2, 0.25) is 0 Å². The lowest BCUT2D eigenvalue weighted by Gasteiger charge is -2.31. The van der Waals surface area contributed by atoms with E-state index in [4.69, 9.17) is 9.15 Å². The topological polar surface area (TPSA) is 59.8 Å². The molecule has 2 aromatic rings. The Kier molecular flexibility index (Phi) is 4.99. The maximum Gasteiger partial charge on any atom is 0.310 e. The Morgan fingerprint density at radius 1 is 1.25 bits per heavy atom. The summed E-state index contributed by atoms with van der Waals surface area (Å²) in [4.78, 5) is 26.3. The molecule has 0 bridgehead atoms. The third-order valence-corrected chi connectivity index (χ3v) is 4.27. The lowest BCUT2D eigenvalue weighted by Crippen LogP contribution is -2.42. The van der Waals surface area contributed by atoms with Gasteiger partial charge in [-0.3, -0.25) is 9.59 Å². The predicted molar refractivity (Wildman–Crippen MR) is 89.4 cm³/mol. The molecule has 0 saturated carbocycles. The van der Waals surface area contributed by atoms with Gasteiger partial charge in [-0.15, -0.1) is 0 Å². The highest BCUT2D eigenvalue weighted by atomic mass is 16.5. The molecule has 0 N–H and O–H groups in total. The molecule has 1 aliphatic rings. The number of furan rings is 1. The Bertz CT molecular complexity index is 691. The summed E-state index contributed by atoms with van der Waals surface area (Å²) in [6.45, 7) is 3.27. The van der Waals surface area contributed by atoms with Crippen LogP contribution in [0, 0.1) is 5.92 Å². The van der Waals surface area contributed by atoms with Crippen LogP contribution in [0.1, 0.15) is 30.1 Å². The van der Waals surface area contributed by atoms with Gasteiger partial charge >= 0.3 is 5.97 Å². The van der Waals surface area contributed by atoms with E-state index in [0.29, 0.717) is 25.3 Å². The van der Waals surface area contributed by atoms with Crippen molar-refractivity contribution in [1.29, 1.82) is 0 Å². The van der Waals surface area contributed by atoms with Gasteiger partial charge in [-0.05, 0) is 44.0 Å². The number of ether oxygens (including phenoxy) is 1. The second-order valence-corrected chi connectivity index (χ2v) is 5.90. The van der Waals surface area contributed by atoms with Gasteiger partial charge in [-0.25, -0.2) is 0 Å². The molecular weight excluding hydrogens is 306 g/mol. The number of likely N-dealkylation sites (tertiary alicyclic amines) is 1. The summed E-state index contributed by atoms with van der Waals surface area (Å²) >= 11 is 0. The van der Waals surface area contributed by atoms with Crippen LogP contribution in [0.3, 0.4) is 0 Å². The highest BCUT2D eigenvalue weighted by Gasteiger charge is 2.29. The van der Waals surface area contributed by atoms with Crippen molar-refractivity contribution in [3.8, 4) is 11.3 Å². The number of hydrogen-bond acceptors (Lipinski definition) is 4. The zero-order chi connectivity index (χ0) is 16.9. The third kappa shape index (κ3) is 3.50. The second kappa shape index (κ2) is 7.34. The Morgan fingerprint density at radius 2 is 2.04 bits per heavy atom. The average Bonchev–Trinajstić information content (AvgIpc) is 3.16. The van der Waals surface area contributed by atoms with Gasteiger partial charge in [0.25, 0.3) is 5.91 Å². The first-order chi connectivity index (χ1) is 11.7. The fraction of sp³-hybridized carbons (Fsp3) is 0.368. The fourth-order valence-corrected chi connectivity index (χ4v) is 3.02. The predicted octanol–water partition coefficient (Wildman–Crippen LogP) is 3.36. The highest BCUT2D eigenvalue weighted by molar-refractivity contribution is 5.95. The largest absolute Gasteiger partial charge is 0.466 e. The maximum absolute atomic E-state index is 12.7. The van der Waals surface area contributed by atoms with Crippen LogP contribution in [0.15, 0.2) is 47.1 Å². The Morgan fingerprint density at radius 3 is 2.71 bits per heavy atom. The van der Waals surface area contributed by atoms with Crippen LogP contribution < -0.4 is 0 Å². The molecule has 0 aliphatic carbocycles. The van der Waals surface area contributed by atoms with Crippen molar-refractivity contribution in [3.63, 3.8) is 0 Å². The van der Waals surface area contributed by atoms with E-state index in [1.165, 1.54) is 0 Å². The number of piperidine rings is 1. The van der Waals surface area contributed by atoms with Crippen LogP contribution in [0.5, 0.6) is 0 Å². The van der Waals surface area contributed by atoms with Crippen molar-refractivity contribution in [2.24, 2.45) is 5.92 Å². The summed E-state index contributed by atoms with van der Waals surface area (Å²) in [5, 5.41) is 0. The van der Waals surface area contributed by atoms with Crippen molar-refractivity contribution >= 4 is 11.9 Å². The van der Waals surface area contributed by atoms with Gasteiger partial charge < -0.3 is 14.1 Å². The van der Waals surface area contributed by atoms with E-state index in [-0.39, 0.29) is 17.8 Å². The van der Waals surface area contributed by atoms with Crippen molar-refractivity contribution in [2.75, 3.05) is 19.7 Å². The molecule has 1 saturated heterocycles. The molecule has 126 valence electrons.